The molecule has 0 bridgehead atoms. The van der Waals surface area contributed by atoms with Crippen molar-refractivity contribution in [3.63, 3.8) is 0 Å². The Hall–Kier alpha value is 0.229. The van der Waals surface area contributed by atoms with Gasteiger partial charge >= 0.3 is 82.7 Å². The van der Waals surface area contributed by atoms with E-state index in [9.17, 15) is 0 Å². The second-order valence-electron chi connectivity index (χ2n) is 4.16. The summed E-state index contributed by atoms with van der Waals surface area (Å²) < 4.78 is 1.39. The van der Waals surface area contributed by atoms with Crippen LogP contribution in [0.15, 0.2) is 5.38 Å². The molecule has 0 aliphatic carbocycles. The Kier molecular flexibility index (Phi) is 3.04. The Bertz CT molecular complexity index is 262. The molecule has 2 nitrogen and oxygen atoms in total. The van der Waals surface area contributed by atoms with Crippen LogP contribution in [-0.4, -0.2) is 37.5 Å². The zero-order chi connectivity index (χ0) is 9.35. The van der Waals surface area contributed by atoms with E-state index < -0.39 is 18.4 Å². The van der Waals surface area contributed by atoms with Gasteiger partial charge in [-0.1, -0.05) is 0 Å². The molecule has 1 aromatic rings. The molecule has 0 amide bonds. The zero-order valence-electron chi connectivity index (χ0n) is 8.38. The van der Waals surface area contributed by atoms with Crippen molar-refractivity contribution in [2.45, 2.75) is 14.8 Å². The van der Waals surface area contributed by atoms with E-state index in [-0.39, 0.29) is 0 Å². The van der Waals surface area contributed by atoms with Crippen LogP contribution in [-0.2, 0) is 0 Å². The van der Waals surface area contributed by atoms with E-state index in [4.69, 9.17) is 0 Å². The Balaban J connectivity index is 2.92. The molecule has 12 heavy (non-hydrogen) atoms. The van der Waals surface area contributed by atoms with Gasteiger partial charge in [0.05, 0.1) is 0 Å². The molecule has 1 aromatic heterocycles. The van der Waals surface area contributed by atoms with E-state index in [0.29, 0.717) is 0 Å². The Morgan fingerprint density at radius 1 is 1.33 bits per heavy atom. The first-order valence-corrected chi connectivity index (χ1v) is 14.9. The molecule has 0 atom stereocenters. The van der Waals surface area contributed by atoms with Gasteiger partial charge in [-0.15, -0.1) is 0 Å². The van der Waals surface area contributed by atoms with E-state index in [1.165, 1.54) is 3.71 Å². The molecule has 0 saturated heterocycles. The van der Waals surface area contributed by atoms with E-state index in [1.54, 1.807) is 11.3 Å². The average Bonchev–Trinajstić information content (AvgIpc) is 2.30. The average molecular weight is 291 g/mol. The van der Waals surface area contributed by atoms with Gasteiger partial charge in [0.1, 0.15) is 0 Å². The van der Waals surface area contributed by atoms with Crippen molar-refractivity contribution in [2.75, 3.05) is 19.0 Å². The van der Waals surface area contributed by atoms with Gasteiger partial charge in [-0.25, -0.2) is 0 Å². The second kappa shape index (κ2) is 3.54. The molecule has 0 N–H and O–H groups in total. The summed E-state index contributed by atoms with van der Waals surface area (Å²) in [4.78, 5) is 13.9. The molecule has 0 spiro atoms. The van der Waals surface area contributed by atoms with Crippen molar-refractivity contribution in [1.82, 2.24) is 4.98 Å². The van der Waals surface area contributed by atoms with Crippen LogP contribution in [0.25, 0.3) is 0 Å². The van der Waals surface area contributed by atoms with Gasteiger partial charge in [0.15, 0.2) is 0 Å². The van der Waals surface area contributed by atoms with Crippen molar-refractivity contribution in [3.05, 3.63) is 5.38 Å². The molecular weight excluding hydrogens is 275 g/mol. The predicted octanol–water partition coefficient (Wildman–Crippen LogP) is 1.75. The molecule has 0 fully saturated rings. The van der Waals surface area contributed by atoms with Crippen molar-refractivity contribution in [1.29, 1.82) is 0 Å². The van der Waals surface area contributed by atoms with E-state index in [0.717, 1.165) is 5.13 Å². The van der Waals surface area contributed by atoms with Crippen molar-refractivity contribution in [2.24, 2.45) is 0 Å². The van der Waals surface area contributed by atoms with E-state index >= 15 is 0 Å². The molecule has 4 heteroatoms. The van der Waals surface area contributed by atoms with Gasteiger partial charge < -0.3 is 0 Å². The number of thiazole rings is 1. The van der Waals surface area contributed by atoms with Crippen molar-refractivity contribution >= 4 is 38.6 Å². The zero-order valence-corrected chi connectivity index (χ0v) is 12.1. The number of nitrogens with zero attached hydrogens (tertiary/aromatic N) is 2. The summed E-state index contributed by atoms with van der Waals surface area (Å²) in [6, 6.07) is 0. The second-order valence-corrected chi connectivity index (χ2v) is 19.3. The number of rotatable bonds is 2. The normalized spacial score (nSPS) is 11.8. The minimum atomic E-state index is -1.88. The van der Waals surface area contributed by atoms with Crippen LogP contribution >= 0.6 is 11.3 Å². The van der Waals surface area contributed by atoms with Crippen LogP contribution in [0.3, 0.4) is 0 Å². The molecule has 1 heterocycles. The van der Waals surface area contributed by atoms with Crippen molar-refractivity contribution in [3.8, 4) is 0 Å². The molecule has 0 unspecified atom stereocenters. The fourth-order valence-corrected chi connectivity index (χ4v) is 6.82. The van der Waals surface area contributed by atoms with Crippen LogP contribution in [0.4, 0.5) is 5.13 Å². The third kappa shape index (κ3) is 2.36. The fourth-order valence-electron chi connectivity index (χ4n) is 0.814. The molecule has 1 rings (SSSR count). The third-order valence-corrected chi connectivity index (χ3v) is 8.37. The summed E-state index contributed by atoms with van der Waals surface area (Å²) in [5.74, 6) is 0. The quantitative estimate of drug-likeness (QED) is 0.772. The van der Waals surface area contributed by atoms with Crippen LogP contribution in [0.1, 0.15) is 0 Å². The maximum absolute atomic E-state index is 4.62. The summed E-state index contributed by atoms with van der Waals surface area (Å²) in [5.41, 5.74) is 0. The SMILES string of the molecule is CN(C)c1n[c]([Sn]([CH3])([CH3])[CH3])cs1. The van der Waals surface area contributed by atoms with Gasteiger partial charge in [0.25, 0.3) is 0 Å². The van der Waals surface area contributed by atoms with E-state index in [2.05, 4.69) is 30.1 Å². The summed E-state index contributed by atoms with van der Waals surface area (Å²) in [6.07, 6.45) is 0. The molecule has 0 aliphatic rings. The van der Waals surface area contributed by atoms with Gasteiger partial charge in [0, 0.05) is 0 Å². The first-order valence-electron chi connectivity index (χ1n) is 4.04. The summed E-state index contributed by atoms with van der Waals surface area (Å²) in [7, 11) is 4.08. The molecule has 68 valence electrons. The topological polar surface area (TPSA) is 16.1 Å². The Labute approximate surface area is 82.5 Å². The molecule has 0 aliphatic heterocycles. The Morgan fingerprint density at radius 3 is 2.17 bits per heavy atom. The first-order chi connectivity index (χ1) is 5.41. The van der Waals surface area contributed by atoms with Crippen LogP contribution in [0.2, 0.25) is 14.8 Å². The van der Waals surface area contributed by atoms with Gasteiger partial charge in [0.2, 0.25) is 0 Å². The number of hydrogen-bond donors (Lipinski definition) is 0. The standard InChI is InChI=1S/C5H7N2S.3CH3.Sn/c1-7(2)5-6-3-4-8-5;;;;/h4H,1-2H3;3*1H3;. The van der Waals surface area contributed by atoms with Gasteiger partial charge in [-0.3, -0.25) is 0 Å². The summed E-state index contributed by atoms with van der Waals surface area (Å²) in [5, 5.41) is 3.36. The van der Waals surface area contributed by atoms with E-state index in [1.807, 2.05) is 14.1 Å². The molecule has 0 aromatic carbocycles. The fraction of sp³-hybridized carbons (Fsp3) is 0.625. The first kappa shape index (κ1) is 10.3. The van der Waals surface area contributed by atoms with Gasteiger partial charge in [-0.2, -0.15) is 0 Å². The minimum absolute atomic E-state index is 1.14. The Morgan fingerprint density at radius 2 is 1.92 bits per heavy atom. The van der Waals surface area contributed by atoms with Crippen molar-refractivity contribution < 1.29 is 0 Å². The third-order valence-electron chi connectivity index (χ3n) is 1.64. The molecule has 0 radical (unpaired) electrons. The number of anilines is 1. The monoisotopic (exact) mass is 292 g/mol. The van der Waals surface area contributed by atoms with Crippen LogP contribution in [0, 0.1) is 0 Å². The van der Waals surface area contributed by atoms with Crippen LogP contribution < -0.4 is 8.61 Å². The van der Waals surface area contributed by atoms with Gasteiger partial charge in [-0.05, 0) is 0 Å². The maximum atomic E-state index is 4.62. The number of hydrogen-bond acceptors (Lipinski definition) is 3. The number of aromatic nitrogens is 1. The summed E-state index contributed by atoms with van der Waals surface area (Å²) in [6.45, 7) is 0. The molecular formula is C8H16N2SSn. The van der Waals surface area contributed by atoms with Crippen LogP contribution in [0.5, 0.6) is 0 Å². The molecule has 0 saturated carbocycles. The predicted molar refractivity (Wildman–Crippen MR) is 59.4 cm³/mol. The summed E-state index contributed by atoms with van der Waals surface area (Å²) >= 11 is -0.129.